The predicted octanol–water partition coefficient (Wildman–Crippen LogP) is 2.20. The summed E-state index contributed by atoms with van der Waals surface area (Å²) in [5.41, 5.74) is 0. The molecule has 0 radical (unpaired) electrons. The topological polar surface area (TPSA) is 50.1 Å². The average Bonchev–Trinajstić information content (AvgIpc) is 2.95. The van der Waals surface area contributed by atoms with Crippen LogP contribution in [0.5, 0.6) is 0 Å². The highest BCUT2D eigenvalue weighted by Gasteiger charge is 2.27. The number of tetrazole rings is 1. The highest BCUT2D eigenvalue weighted by molar-refractivity contribution is 4.95. The Balaban J connectivity index is 2.09. The fourth-order valence-electron chi connectivity index (χ4n) is 3.00. The maximum Gasteiger partial charge on any atom is 0.168 e. The molecule has 1 fully saturated rings. The summed E-state index contributed by atoms with van der Waals surface area (Å²) in [5.74, 6) is 1.74. The smallest absolute Gasteiger partial charge is 0.168 e. The zero-order chi connectivity index (χ0) is 15.9. The van der Waals surface area contributed by atoms with Crippen molar-refractivity contribution in [2.24, 2.45) is 5.92 Å². The second kappa shape index (κ2) is 8.58. The summed E-state index contributed by atoms with van der Waals surface area (Å²) >= 11 is 0. The van der Waals surface area contributed by atoms with Crippen LogP contribution < -0.4 is 0 Å². The SMILES string of the molecule is CCCC[C@H](c1nnnn1CCC(C)C)N1CCN(C)CC1. The summed E-state index contributed by atoms with van der Waals surface area (Å²) in [4.78, 5) is 4.97. The van der Waals surface area contributed by atoms with Gasteiger partial charge in [-0.1, -0.05) is 33.6 Å². The lowest BCUT2D eigenvalue weighted by Gasteiger charge is -2.37. The molecule has 0 saturated carbocycles. The third-order valence-electron chi connectivity index (χ3n) is 4.59. The molecule has 0 aromatic carbocycles. The van der Waals surface area contributed by atoms with Crippen molar-refractivity contribution in [2.75, 3.05) is 33.2 Å². The number of hydrogen-bond donors (Lipinski definition) is 0. The molecule has 1 aromatic heterocycles. The maximum atomic E-state index is 4.39. The lowest BCUT2D eigenvalue weighted by atomic mass is 10.1. The Morgan fingerprint density at radius 3 is 2.45 bits per heavy atom. The summed E-state index contributed by atoms with van der Waals surface area (Å²) in [5, 5.41) is 12.6. The van der Waals surface area contributed by atoms with Crippen LogP contribution in [0.15, 0.2) is 0 Å². The van der Waals surface area contributed by atoms with E-state index < -0.39 is 0 Å². The molecule has 0 amide bonds. The molecule has 1 saturated heterocycles. The van der Waals surface area contributed by atoms with E-state index in [4.69, 9.17) is 0 Å². The lowest BCUT2D eigenvalue weighted by molar-refractivity contribution is 0.0983. The zero-order valence-corrected chi connectivity index (χ0v) is 14.7. The molecule has 0 unspecified atom stereocenters. The van der Waals surface area contributed by atoms with E-state index >= 15 is 0 Å². The molecule has 22 heavy (non-hydrogen) atoms. The van der Waals surface area contributed by atoms with E-state index in [1.165, 1.54) is 12.8 Å². The highest BCUT2D eigenvalue weighted by Crippen LogP contribution is 2.25. The van der Waals surface area contributed by atoms with Crippen molar-refractivity contribution in [2.45, 2.75) is 59.0 Å². The Bertz CT molecular complexity index is 422. The first-order valence-electron chi connectivity index (χ1n) is 8.80. The maximum absolute atomic E-state index is 4.39. The van der Waals surface area contributed by atoms with Gasteiger partial charge in [-0.05, 0) is 36.2 Å². The minimum Gasteiger partial charge on any atom is -0.304 e. The normalized spacial score (nSPS) is 19.0. The lowest BCUT2D eigenvalue weighted by Crippen LogP contribution is -2.46. The van der Waals surface area contributed by atoms with Crippen molar-refractivity contribution in [1.82, 2.24) is 30.0 Å². The van der Waals surface area contributed by atoms with Gasteiger partial charge in [0, 0.05) is 32.7 Å². The first-order chi connectivity index (χ1) is 10.6. The van der Waals surface area contributed by atoms with Gasteiger partial charge in [0.2, 0.25) is 0 Å². The number of aryl methyl sites for hydroxylation is 1. The Kier molecular flexibility index (Phi) is 6.76. The molecule has 126 valence electrons. The minimum absolute atomic E-state index is 0.371. The Hall–Kier alpha value is -1.01. The average molecular weight is 308 g/mol. The number of aromatic nitrogens is 4. The van der Waals surface area contributed by atoms with Crippen LogP contribution in [0.3, 0.4) is 0 Å². The molecule has 0 N–H and O–H groups in total. The fraction of sp³-hybridized carbons (Fsp3) is 0.938. The quantitative estimate of drug-likeness (QED) is 0.737. The van der Waals surface area contributed by atoms with Crippen LogP contribution in [0.25, 0.3) is 0 Å². The van der Waals surface area contributed by atoms with Crippen molar-refractivity contribution >= 4 is 0 Å². The van der Waals surface area contributed by atoms with E-state index in [0.29, 0.717) is 12.0 Å². The van der Waals surface area contributed by atoms with E-state index in [0.717, 1.165) is 51.4 Å². The van der Waals surface area contributed by atoms with Crippen molar-refractivity contribution in [1.29, 1.82) is 0 Å². The Morgan fingerprint density at radius 1 is 1.09 bits per heavy atom. The van der Waals surface area contributed by atoms with E-state index in [-0.39, 0.29) is 0 Å². The summed E-state index contributed by atoms with van der Waals surface area (Å²) in [6.07, 6.45) is 4.73. The number of nitrogens with zero attached hydrogens (tertiary/aromatic N) is 6. The van der Waals surface area contributed by atoms with Gasteiger partial charge in [-0.15, -0.1) is 5.10 Å². The molecule has 1 atom stereocenters. The van der Waals surface area contributed by atoms with Gasteiger partial charge in [0.25, 0.3) is 0 Å². The molecular formula is C16H32N6. The number of rotatable bonds is 8. The van der Waals surface area contributed by atoms with Gasteiger partial charge in [-0.3, -0.25) is 4.90 Å². The van der Waals surface area contributed by atoms with Gasteiger partial charge in [0.05, 0.1) is 6.04 Å². The van der Waals surface area contributed by atoms with Crippen LogP contribution in [-0.2, 0) is 6.54 Å². The summed E-state index contributed by atoms with van der Waals surface area (Å²) in [7, 11) is 2.20. The molecule has 1 aliphatic rings. The van der Waals surface area contributed by atoms with Crippen molar-refractivity contribution in [3.05, 3.63) is 5.82 Å². The van der Waals surface area contributed by atoms with E-state index in [2.05, 4.69) is 53.1 Å². The second-order valence-corrected chi connectivity index (χ2v) is 6.94. The van der Waals surface area contributed by atoms with Crippen molar-refractivity contribution < 1.29 is 0 Å². The van der Waals surface area contributed by atoms with Gasteiger partial charge in [0.1, 0.15) is 0 Å². The van der Waals surface area contributed by atoms with Gasteiger partial charge in [-0.25, -0.2) is 4.68 Å². The predicted molar refractivity (Wildman–Crippen MR) is 88.6 cm³/mol. The van der Waals surface area contributed by atoms with Crippen LogP contribution in [0, 0.1) is 5.92 Å². The standard InChI is InChI=1S/C16H32N6/c1-5-6-7-15(21-12-10-20(4)11-13-21)16-17-18-19-22(16)9-8-14(2)3/h14-15H,5-13H2,1-4H3/t15-/m1/s1. The molecule has 2 heterocycles. The van der Waals surface area contributed by atoms with Gasteiger partial charge < -0.3 is 4.90 Å². The molecule has 1 aliphatic heterocycles. The van der Waals surface area contributed by atoms with Crippen LogP contribution in [0.4, 0.5) is 0 Å². The van der Waals surface area contributed by atoms with Crippen LogP contribution >= 0.6 is 0 Å². The zero-order valence-electron chi connectivity index (χ0n) is 14.7. The summed E-state index contributed by atoms with van der Waals surface area (Å²) in [6, 6.07) is 0.371. The molecule has 0 aliphatic carbocycles. The first kappa shape index (κ1) is 17.3. The fourth-order valence-corrected chi connectivity index (χ4v) is 3.00. The second-order valence-electron chi connectivity index (χ2n) is 6.94. The molecule has 2 rings (SSSR count). The van der Waals surface area contributed by atoms with Crippen molar-refractivity contribution in [3.63, 3.8) is 0 Å². The van der Waals surface area contributed by atoms with Crippen LogP contribution in [0.2, 0.25) is 0 Å². The molecular weight excluding hydrogens is 276 g/mol. The molecule has 0 spiro atoms. The van der Waals surface area contributed by atoms with Gasteiger partial charge in [0.15, 0.2) is 5.82 Å². The van der Waals surface area contributed by atoms with E-state index in [9.17, 15) is 0 Å². The van der Waals surface area contributed by atoms with Crippen LogP contribution in [0.1, 0.15) is 58.3 Å². The third kappa shape index (κ3) is 4.74. The molecule has 6 heteroatoms. The minimum atomic E-state index is 0.371. The number of piperazine rings is 1. The Morgan fingerprint density at radius 2 is 1.82 bits per heavy atom. The van der Waals surface area contributed by atoms with Crippen LogP contribution in [-0.4, -0.2) is 63.2 Å². The summed E-state index contributed by atoms with van der Waals surface area (Å²) < 4.78 is 2.04. The van der Waals surface area contributed by atoms with Gasteiger partial charge in [-0.2, -0.15) is 0 Å². The molecule has 1 aromatic rings. The molecule has 0 bridgehead atoms. The molecule has 6 nitrogen and oxygen atoms in total. The monoisotopic (exact) mass is 308 g/mol. The highest BCUT2D eigenvalue weighted by atomic mass is 15.5. The summed E-state index contributed by atoms with van der Waals surface area (Å²) in [6.45, 7) is 12.2. The number of hydrogen-bond acceptors (Lipinski definition) is 5. The van der Waals surface area contributed by atoms with E-state index in [1.807, 2.05) is 4.68 Å². The number of unbranched alkanes of at least 4 members (excludes halogenated alkanes) is 1. The Labute approximate surface area is 134 Å². The first-order valence-corrected chi connectivity index (χ1v) is 8.80. The third-order valence-corrected chi connectivity index (χ3v) is 4.59. The largest absolute Gasteiger partial charge is 0.304 e. The number of likely N-dealkylation sites (N-methyl/N-ethyl adjacent to an activating group) is 1. The van der Waals surface area contributed by atoms with Crippen molar-refractivity contribution in [3.8, 4) is 0 Å². The van der Waals surface area contributed by atoms with E-state index in [1.54, 1.807) is 0 Å². The van der Waals surface area contributed by atoms with Gasteiger partial charge >= 0.3 is 0 Å².